The van der Waals surface area contributed by atoms with Crippen molar-refractivity contribution in [1.82, 2.24) is 5.32 Å². The van der Waals surface area contributed by atoms with E-state index in [2.05, 4.69) is 21.2 Å². The van der Waals surface area contributed by atoms with E-state index in [1.54, 1.807) is 7.11 Å². The van der Waals surface area contributed by atoms with Crippen LogP contribution in [0.3, 0.4) is 0 Å². The summed E-state index contributed by atoms with van der Waals surface area (Å²) in [7, 11) is -1.23. The largest absolute Gasteiger partial charge is 0.496 e. The molecule has 106 valence electrons. The molecule has 1 aromatic carbocycles. The highest BCUT2D eigenvalue weighted by Gasteiger charge is 2.24. The van der Waals surface area contributed by atoms with Gasteiger partial charge >= 0.3 is 0 Å². The zero-order chi connectivity index (χ0) is 13.9. The number of sulfone groups is 1. The predicted molar refractivity (Wildman–Crippen MR) is 79.2 cm³/mol. The molecule has 0 amide bonds. The maximum absolute atomic E-state index is 11.6. The molecular formula is C13H18BrNO3S. The summed E-state index contributed by atoms with van der Waals surface area (Å²) in [6.07, 6.45) is 1.66. The first-order chi connectivity index (χ1) is 9.00. The fourth-order valence-corrected chi connectivity index (χ4v) is 4.40. The van der Waals surface area contributed by atoms with E-state index in [-0.39, 0.29) is 11.8 Å². The lowest BCUT2D eigenvalue weighted by Gasteiger charge is -2.23. The van der Waals surface area contributed by atoms with E-state index >= 15 is 0 Å². The average molecular weight is 348 g/mol. The average Bonchev–Trinajstić information content (AvgIpc) is 2.35. The molecular weight excluding hydrogens is 330 g/mol. The van der Waals surface area contributed by atoms with Gasteiger partial charge in [0.25, 0.3) is 0 Å². The van der Waals surface area contributed by atoms with Crippen molar-refractivity contribution in [3.63, 3.8) is 0 Å². The van der Waals surface area contributed by atoms with Crippen LogP contribution in [0, 0.1) is 0 Å². The lowest BCUT2D eigenvalue weighted by atomic mass is 10.1. The van der Waals surface area contributed by atoms with E-state index in [1.165, 1.54) is 0 Å². The molecule has 1 aromatic rings. The fourth-order valence-electron chi connectivity index (χ4n) is 2.32. The third-order valence-corrected chi connectivity index (χ3v) is 5.60. The number of methoxy groups -OCH3 is 1. The zero-order valence-corrected chi connectivity index (χ0v) is 13.3. The van der Waals surface area contributed by atoms with Gasteiger partial charge in [0, 0.05) is 22.6 Å². The number of benzene rings is 1. The van der Waals surface area contributed by atoms with Gasteiger partial charge in [-0.1, -0.05) is 15.9 Å². The molecule has 1 N–H and O–H groups in total. The summed E-state index contributed by atoms with van der Waals surface area (Å²) in [5, 5.41) is 3.32. The monoisotopic (exact) mass is 347 g/mol. The molecule has 6 heteroatoms. The Morgan fingerprint density at radius 3 is 2.95 bits per heavy atom. The van der Waals surface area contributed by atoms with Crippen LogP contribution in [-0.2, 0) is 16.4 Å². The molecule has 0 aromatic heterocycles. The van der Waals surface area contributed by atoms with Crippen molar-refractivity contribution in [2.75, 3.05) is 18.6 Å². The molecule has 1 fully saturated rings. The molecule has 1 aliphatic heterocycles. The summed E-state index contributed by atoms with van der Waals surface area (Å²) >= 11 is 3.43. The first-order valence-electron chi connectivity index (χ1n) is 6.26. The normalized spacial score (nSPS) is 22.1. The highest BCUT2D eigenvalue weighted by Crippen LogP contribution is 2.23. The molecule has 0 aliphatic carbocycles. The lowest BCUT2D eigenvalue weighted by Crippen LogP contribution is -2.39. The Kier molecular flexibility index (Phi) is 4.86. The van der Waals surface area contributed by atoms with E-state index in [0.29, 0.717) is 12.3 Å². The number of rotatable bonds is 4. The van der Waals surface area contributed by atoms with Crippen LogP contribution in [0.5, 0.6) is 5.75 Å². The third kappa shape index (κ3) is 4.19. The lowest BCUT2D eigenvalue weighted by molar-refractivity contribution is 0.403. The van der Waals surface area contributed by atoms with Crippen molar-refractivity contribution in [3.8, 4) is 5.75 Å². The number of hydrogen-bond acceptors (Lipinski definition) is 4. The molecule has 0 bridgehead atoms. The molecule has 1 saturated heterocycles. The minimum atomic E-state index is -2.86. The van der Waals surface area contributed by atoms with Gasteiger partial charge in [0.2, 0.25) is 0 Å². The Balaban J connectivity index is 2.00. The van der Waals surface area contributed by atoms with Crippen molar-refractivity contribution in [1.29, 1.82) is 0 Å². The van der Waals surface area contributed by atoms with Gasteiger partial charge in [-0.3, -0.25) is 0 Å². The van der Waals surface area contributed by atoms with Gasteiger partial charge in [-0.2, -0.15) is 0 Å². The molecule has 0 spiro atoms. The minimum absolute atomic E-state index is 0.0439. The van der Waals surface area contributed by atoms with Crippen LogP contribution in [-0.4, -0.2) is 33.1 Å². The summed E-state index contributed by atoms with van der Waals surface area (Å²) in [6, 6.07) is 5.86. The van der Waals surface area contributed by atoms with Gasteiger partial charge in [0.05, 0.1) is 18.6 Å². The third-order valence-electron chi connectivity index (χ3n) is 3.29. The minimum Gasteiger partial charge on any atom is -0.496 e. The van der Waals surface area contributed by atoms with Crippen molar-refractivity contribution in [3.05, 3.63) is 28.2 Å². The van der Waals surface area contributed by atoms with Gasteiger partial charge in [0.1, 0.15) is 5.75 Å². The molecule has 0 unspecified atom stereocenters. The van der Waals surface area contributed by atoms with Crippen molar-refractivity contribution in [2.24, 2.45) is 0 Å². The molecule has 1 heterocycles. The molecule has 1 aliphatic rings. The number of halogens is 1. The quantitative estimate of drug-likeness (QED) is 0.906. The van der Waals surface area contributed by atoms with Gasteiger partial charge in [-0.15, -0.1) is 0 Å². The van der Waals surface area contributed by atoms with Gasteiger partial charge in [-0.25, -0.2) is 8.42 Å². The fraction of sp³-hybridized carbons (Fsp3) is 0.538. The summed E-state index contributed by atoms with van der Waals surface area (Å²) in [5.74, 6) is 1.38. The molecule has 0 saturated carbocycles. The number of hydrogen-bond donors (Lipinski definition) is 1. The van der Waals surface area contributed by atoms with Crippen LogP contribution in [0.2, 0.25) is 0 Å². The molecule has 1 atom stereocenters. The van der Waals surface area contributed by atoms with Crippen LogP contribution in [0.4, 0.5) is 0 Å². The van der Waals surface area contributed by atoms with E-state index in [1.807, 2.05) is 18.2 Å². The SMILES string of the molecule is COc1ccc(Br)cc1CN[C@@H]1CCCS(=O)(=O)C1. The zero-order valence-electron chi connectivity index (χ0n) is 10.9. The van der Waals surface area contributed by atoms with E-state index in [9.17, 15) is 8.42 Å². The Hall–Kier alpha value is -0.590. The number of nitrogens with one attached hydrogen (secondary N) is 1. The topological polar surface area (TPSA) is 55.4 Å². The van der Waals surface area contributed by atoms with Gasteiger partial charge < -0.3 is 10.1 Å². The predicted octanol–water partition coefficient (Wildman–Crippen LogP) is 2.12. The highest BCUT2D eigenvalue weighted by atomic mass is 79.9. The van der Waals surface area contributed by atoms with Crippen LogP contribution >= 0.6 is 15.9 Å². The second-order valence-electron chi connectivity index (χ2n) is 4.79. The van der Waals surface area contributed by atoms with Crippen LogP contribution < -0.4 is 10.1 Å². The van der Waals surface area contributed by atoms with Crippen molar-refractivity contribution >= 4 is 25.8 Å². The van der Waals surface area contributed by atoms with E-state index < -0.39 is 9.84 Å². The standard InChI is InChI=1S/C13H18BrNO3S/c1-18-13-5-4-11(14)7-10(13)8-15-12-3-2-6-19(16,17)9-12/h4-5,7,12,15H,2-3,6,8-9H2,1H3/t12-/m1/s1. The molecule has 2 rings (SSSR count). The smallest absolute Gasteiger partial charge is 0.151 e. The Morgan fingerprint density at radius 2 is 2.26 bits per heavy atom. The van der Waals surface area contributed by atoms with Crippen molar-refractivity contribution in [2.45, 2.75) is 25.4 Å². The Morgan fingerprint density at radius 1 is 1.47 bits per heavy atom. The first kappa shape index (κ1) is 14.8. The maximum Gasteiger partial charge on any atom is 0.151 e. The molecule has 4 nitrogen and oxygen atoms in total. The summed E-state index contributed by atoms with van der Waals surface area (Å²) in [4.78, 5) is 0. The second kappa shape index (κ2) is 6.24. The summed E-state index contributed by atoms with van der Waals surface area (Å²) in [5.41, 5.74) is 1.03. The van der Waals surface area contributed by atoms with Crippen LogP contribution in [0.15, 0.2) is 22.7 Å². The Bertz CT molecular complexity index is 545. The summed E-state index contributed by atoms with van der Waals surface area (Å²) in [6.45, 7) is 0.614. The second-order valence-corrected chi connectivity index (χ2v) is 7.93. The maximum atomic E-state index is 11.6. The molecule has 0 radical (unpaired) electrons. The van der Waals surface area contributed by atoms with Gasteiger partial charge in [-0.05, 0) is 31.0 Å². The number of ether oxygens (including phenoxy) is 1. The van der Waals surface area contributed by atoms with Crippen LogP contribution in [0.25, 0.3) is 0 Å². The van der Waals surface area contributed by atoms with E-state index in [0.717, 1.165) is 28.6 Å². The summed E-state index contributed by atoms with van der Waals surface area (Å²) < 4.78 is 29.4. The van der Waals surface area contributed by atoms with Gasteiger partial charge in [0.15, 0.2) is 9.84 Å². The molecule has 19 heavy (non-hydrogen) atoms. The van der Waals surface area contributed by atoms with Crippen LogP contribution in [0.1, 0.15) is 18.4 Å². The Labute approximate surface area is 122 Å². The first-order valence-corrected chi connectivity index (χ1v) is 8.88. The highest BCUT2D eigenvalue weighted by molar-refractivity contribution is 9.10. The van der Waals surface area contributed by atoms with E-state index in [4.69, 9.17) is 4.74 Å². The van der Waals surface area contributed by atoms with Crippen molar-refractivity contribution < 1.29 is 13.2 Å².